The maximum Gasteiger partial charge on any atom is 0.284 e. The van der Waals surface area contributed by atoms with Crippen molar-refractivity contribution >= 4 is 45.9 Å². The van der Waals surface area contributed by atoms with Gasteiger partial charge in [0.25, 0.3) is 5.91 Å². The molecule has 4 heterocycles. The third-order valence-corrected chi connectivity index (χ3v) is 5.37. The van der Waals surface area contributed by atoms with E-state index in [9.17, 15) is 4.79 Å². The molecule has 23 heavy (non-hydrogen) atoms. The van der Waals surface area contributed by atoms with Gasteiger partial charge in [-0.3, -0.25) is 4.79 Å². The molecular weight excluding hydrogens is 352 g/mol. The van der Waals surface area contributed by atoms with Gasteiger partial charge in [-0.15, -0.1) is 11.3 Å². The Bertz CT molecular complexity index is 853. The Kier molecular flexibility index (Phi) is 3.80. The smallest absolute Gasteiger partial charge is 0.284 e. The van der Waals surface area contributed by atoms with Gasteiger partial charge in [-0.25, -0.2) is 5.01 Å². The Labute approximate surface area is 145 Å². The maximum absolute atomic E-state index is 12.8. The molecule has 1 unspecified atom stereocenters. The van der Waals surface area contributed by atoms with Gasteiger partial charge in [-0.05, 0) is 52.0 Å². The molecule has 0 saturated carbocycles. The highest BCUT2D eigenvalue weighted by molar-refractivity contribution is 7.12. The molecule has 116 valence electrons. The van der Waals surface area contributed by atoms with Crippen LogP contribution in [-0.2, 0) is 0 Å². The monoisotopic (exact) mass is 362 g/mol. The number of thiophene rings is 2. The zero-order valence-electron chi connectivity index (χ0n) is 11.8. The van der Waals surface area contributed by atoms with E-state index in [1.807, 2.05) is 28.3 Å². The second kappa shape index (κ2) is 5.96. The van der Waals surface area contributed by atoms with Crippen molar-refractivity contribution in [1.82, 2.24) is 5.01 Å². The van der Waals surface area contributed by atoms with E-state index in [2.05, 4.69) is 5.10 Å². The number of hydrogen-bond donors (Lipinski definition) is 0. The van der Waals surface area contributed by atoms with Gasteiger partial charge >= 0.3 is 0 Å². The Morgan fingerprint density at radius 3 is 2.87 bits per heavy atom. The summed E-state index contributed by atoms with van der Waals surface area (Å²) in [6, 6.07) is 8.88. The van der Waals surface area contributed by atoms with Crippen LogP contribution in [-0.4, -0.2) is 16.6 Å². The summed E-state index contributed by atoms with van der Waals surface area (Å²) in [4.78, 5) is 13.4. The molecule has 0 aliphatic carbocycles. The minimum absolute atomic E-state index is 0.122. The Balaban J connectivity index is 1.72. The first-order chi connectivity index (χ1) is 11.2. The average molecular weight is 363 g/mol. The maximum atomic E-state index is 12.8. The molecule has 1 atom stereocenters. The van der Waals surface area contributed by atoms with Gasteiger partial charge in [0.2, 0.25) is 0 Å². The minimum Gasteiger partial charge on any atom is -0.447 e. The first-order valence-corrected chi connectivity index (χ1v) is 9.15. The van der Waals surface area contributed by atoms with Gasteiger partial charge in [0.05, 0.1) is 10.6 Å². The van der Waals surface area contributed by atoms with Crippen molar-refractivity contribution in [3.8, 4) is 0 Å². The average Bonchev–Trinajstić information content (AvgIpc) is 3.31. The molecule has 0 saturated heterocycles. The third kappa shape index (κ3) is 2.73. The summed E-state index contributed by atoms with van der Waals surface area (Å²) in [6.07, 6.45) is 0.609. The largest absolute Gasteiger partial charge is 0.447 e. The van der Waals surface area contributed by atoms with E-state index < -0.39 is 0 Å². The van der Waals surface area contributed by atoms with Gasteiger partial charge in [0, 0.05) is 12.0 Å². The predicted molar refractivity (Wildman–Crippen MR) is 92.4 cm³/mol. The summed E-state index contributed by atoms with van der Waals surface area (Å²) in [5.74, 6) is 0.525. The Morgan fingerprint density at radius 2 is 2.22 bits per heavy atom. The number of hydrogen-bond acceptors (Lipinski definition) is 5. The molecular formula is C16H11ClN2O2S2. The van der Waals surface area contributed by atoms with Crippen molar-refractivity contribution in [2.24, 2.45) is 5.10 Å². The zero-order chi connectivity index (χ0) is 15.8. The van der Waals surface area contributed by atoms with Crippen molar-refractivity contribution < 1.29 is 9.21 Å². The fraction of sp³-hybridized carbons (Fsp3) is 0.125. The van der Waals surface area contributed by atoms with E-state index in [1.54, 1.807) is 29.5 Å². The van der Waals surface area contributed by atoms with E-state index >= 15 is 0 Å². The molecule has 4 rings (SSSR count). The normalized spacial score (nSPS) is 17.5. The summed E-state index contributed by atoms with van der Waals surface area (Å²) in [7, 11) is 0. The Hall–Kier alpha value is -1.89. The highest BCUT2D eigenvalue weighted by atomic mass is 35.5. The van der Waals surface area contributed by atoms with Crippen LogP contribution in [0.5, 0.6) is 0 Å². The standard InChI is InChI=1S/C16H11ClN2O2S2/c17-15-4-3-13(21-15)12-8-11(10-5-7-22-9-10)18-19(12)16(20)14-2-1-6-23-14/h1-7,9,12H,8H2. The second-order valence-electron chi connectivity index (χ2n) is 5.05. The van der Waals surface area contributed by atoms with Crippen molar-refractivity contribution in [2.45, 2.75) is 12.5 Å². The van der Waals surface area contributed by atoms with Crippen LogP contribution < -0.4 is 0 Å². The fourth-order valence-electron chi connectivity index (χ4n) is 2.54. The lowest BCUT2D eigenvalue weighted by atomic mass is 10.0. The third-order valence-electron chi connectivity index (χ3n) is 3.63. The summed E-state index contributed by atoms with van der Waals surface area (Å²) >= 11 is 8.91. The minimum atomic E-state index is -0.271. The topological polar surface area (TPSA) is 45.8 Å². The molecule has 0 bridgehead atoms. The molecule has 3 aromatic rings. The van der Waals surface area contributed by atoms with E-state index in [0.717, 1.165) is 11.3 Å². The molecule has 1 amide bonds. The number of carbonyl (C=O) groups excluding carboxylic acids is 1. The number of halogens is 1. The van der Waals surface area contributed by atoms with E-state index in [1.165, 1.54) is 16.3 Å². The fourth-order valence-corrected chi connectivity index (χ4v) is 4.02. The number of amides is 1. The van der Waals surface area contributed by atoms with Gasteiger partial charge in [-0.1, -0.05) is 6.07 Å². The highest BCUT2D eigenvalue weighted by Crippen LogP contribution is 2.36. The predicted octanol–water partition coefficient (Wildman–Crippen LogP) is 5.05. The Morgan fingerprint density at radius 1 is 1.30 bits per heavy atom. The first kappa shape index (κ1) is 14.7. The van der Waals surface area contributed by atoms with Crippen LogP contribution in [0, 0.1) is 0 Å². The number of rotatable bonds is 3. The van der Waals surface area contributed by atoms with Crippen LogP contribution in [0.15, 0.2) is 56.0 Å². The molecule has 3 aromatic heterocycles. The van der Waals surface area contributed by atoms with Crippen LogP contribution in [0.4, 0.5) is 0 Å². The molecule has 0 aromatic carbocycles. The molecule has 1 aliphatic heterocycles. The van der Waals surface area contributed by atoms with E-state index in [4.69, 9.17) is 16.0 Å². The molecule has 7 heteroatoms. The summed E-state index contributed by atoms with van der Waals surface area (Å²) in [5.41, 5.74) is 1.92. The van der Waals surface area contributed by atoms with Gasteiger partial charge in [-0.2, -0.15) is 16.4 Å². The summed E-state index contributed by atoms with van der Waals surface area (Å²) < 4.78 is 5.54. The van der Waals surface area contributed by atoms with Gasteiger partial charge in [0.15, 0.2) is 5.22 Å². The number of nitrogens with zero attached hydrogens (tertiary/aromatic N) is 2. The SMILES string of the molecule is O=C(c1cccs1)N1N=C(c2ccsc2)CC1c1ccc(Cl)o1. The summed E-state index contributed by atoms with van der Waals surface area (Å²) in [6.45, 7) is 0. The molecule has 0 N–H and O–H groups in total. The number of carbonyl (C=O) groups is 1. The molecule has 0 fully saturated rings. The molecule has 4 nitrogen and oxygen atoms in total. The molecule has 1 aliphatic rings. The first-order valence-electron chi connectivity index (χ1n) is 6.95. The van der Waals surface area contributed by atoms with Crippen molar-refractivity contribution in [3.63, 3.8) is 0 Å². The van der Waals surface area contributed by atoms with Crippen molar-refractivity contribution in [2.75, 3.05) is 0 Å². The van der Waals surface area contributed by atoms with Gasteiger partial charge < -0.3 is 4.42 Å². The van der Waals surface area contributed by atoms with Crippen LogP contribution in [0.1, 0.15) is 33.5 Å². The zero-order valence-corrected chi connectivity index (χ0v) is 14.2. The van der Waals surface area contributed by atoms with Crippen LogP contribution in [0.3, 0.4) is 0 Å². The van der Waals surface area contributed by atoms with Crippen molar-refractivity contribution in [3.05, 3.63) is 67.9 Å². The number of furan rings is 1. The van der Waals surface area contributed by atoms with Gasteiger partial charge in [0.1, 0.15) is 11.8 Å². The lowest BCUT2D eigenvalue weighted by Gasteiger charge is -2.19. The quantitative estimate of drug-likeness (QED) is 0.654. The summed E-state index contributed by atoms with van der Waals surface area (Å²) in [5, 5.41) is 12.3. The van der Waals surface area contributed by atoms with E-state index in [0.29, 0.717) is 22.3 Å². The lowest BCUT2D eigenvalue weighted by Crippen LogP contribution is -2.26. The van der Waals surface area contributed by atoms with Crippen molar-refractivity contribution in [1.29, 1.82) is 0 Å². The highest BCUT2D eigenvalue weighted by Gasteiger charge is 2.36. The van der Waals surface area contributed by atoms with Crippen LogP contribution >= 0.6 is 34.3 Å². The van der Waals surface area contributed by atoms with Crippen LogP contribution in [0.2, 0.25) is 5.22 Å². The second-order valence-corrected chi connectivity index (χ2v) is 7.15. The van der Waals surface area contributed by atoms with Crippen LogP contribution in [0.25, 0.3) is 0 Å². The molecule has 0 spiro atoms. The number of hydrazone groups is 1. The van der Waals surface area contributed by atoms with E-state index in [-0.39, 0.29) is 11.9 Å². The molecule has 0 radical (unpaired) electrons. The lowest BCUT2D eigenvalue weighted by molar-refractivity contribution is 0.0698.